The Morgan fingerprint density at radius 2 is 0.776 bits per heavy atom. The third kappa shape index (κ3) is 6.18. The lowest BCUT2D eigenvalue weighted by molar-refractivity contribution is 0.436. The lowest BCUT2D eigenvalue weighted by Crippen LogP contribution is -2.32. The van der Waals surface area contributed by atoms with Gasteiger partial charge in [-0.05, 0) is 121 Å². The van der Waals surface area contributed by atoms with Gasteiger partial charge in [-0.1, -0.05) is 212 Å². The molecule has 314 valence electrons. The van der Waals surface area contributed by atoms with E-state index < -0.39 is 5.41 Å². The fraction of sp³-hybridized carbons (Fsp3) is 0.0154. The minimum atomic E-state index is -0.612. The summed E-state index contributed by atoms with van der Waals surface area (Å²) >= 11 is 0. The summed E-state index contributed by atoms with van der Waals surface area (Å²) in [7, 11) is 0. The summed E-state index contributed by atoms with van der Waals surface area (Å²) in [4.78, 5) is 2.48. The molecule has 11 aromatic carbocycles. The maximum Gasteiger partial charge on any atom is 0.132 e. The molecule has 13 rings (SSSR count). The number of para-hydroxylation sites is 3. The summed E-state index contributed by atoms with van der Waals surface area (Å²) in [6, 6.07) is 95.1. The van der Waals surface area contributed by atoms with Gasteiger partial charge >= 0.3 is 0 Å². The van der Waals surface area contributed by atoms with Gasteiger partial charge in [0.05, 0.1) is 11.1 Å². The van der Waals surface area contributed by atoms with E-state index in [0.29, 0.717) is 0 Å². The summed E-state index contributed by atoms with van der Waals surface area (Å²) in [5.74, 6) is 1.76. The Hall–Kier alpha value is -8.72. The van der Waals surface area contributed by atoms with Crippen molar-refractivity contribution in [1.29, 1.82) is 0 Å². The van der Waals surface area contributed by atoms with E-state index in [9.17, 15) is 0 Å². The Labute approximate surface area is 391 Å². The lowest BCUT2D eigenvalue weighted by atomic mass is 9.66. The summed E-state index contributed by atoms with van der Waals surface area (Å²) in [6.45, 7) is 0. The molecule has 1 spiro atoms. The number of hydrogen-bond acceptors (Lipinski definition) is 2. The molecular formula is C65H43NO. The first-order chi connectivity index (χ1) is 33.2. The molecule has 0 atom stereocenters. The molecule has 0 bridgehead atoms. The predicted molar refractivity (Wildman–Crippen MR) is 278 cm³/mol. The van der Waals surface area contributed by atoms with Crippen LogP contribution in [-0.4, -0.2) is 0 Å². The van der Waals surface area contributed by atoms with Crippen LogP contribution in [0.1, 0.15) is 22.3 Å². The van der Waals surface area contributed by atoms with Crippen molar-refractivity contribution >= 4 is 27.8 Å². The molecule has 0 aromatic heterocycles. The fourth-order valence-corrected chi connectivity index (χ4v) is 11.0. The van der Waals surface area contributed by atoms with E-state index in [4.69, 9.17) is 4.74 Å². The van der Waals surface area contributed by atoms with Gasteiger partial charge in [0.1, 0.15) is 11.5 Å². The Bertz CT molecular complexity index is 3650. The van der Waals surface area contributed by atoms with Gasteiger partial charge in [-0.25, -0.2) is 0 Å². The van der Waals surface area contributed by atoms with Gasteiger partial charge in [0.15, 0.2) is 0 Å². The molecule has 11 aromatic rings. The highest BCUT2D eigenvalue weighted by molar-refractivity contribution is 5.99. The zero-order valence-corrected chi connectivity index (χ0v) is 36.7. The molecule has 1 heterocycles. The van der Waals surface area contributed by atoms with Gasteiger partial charge in [0, 0.05) is 28.1 Å². The first-order valence-corrected chi connectivity index (χ1v) is 23.1. The third-order valence-corrected chi connectivity index (χ3v) is 13.9. The highest BCUT2D eigenvalue weighted by atomic mass is 16.5. The predicted octanol–water partition coefficient (Wildman–Crippen LogP) is 17.4. The van der Waals surface area contributed by atoms with Crippen LogP contribution in [0.15, 0.2) is 261 Å². The molecule has 0 saturated heterocycles. The largest absolute Gasteiger partial charge is 0.457 e. The topological polar surface area (TPSA) is 12.5 Å². The molecule has 67 heavy (non-hydrogen) atoms. The van der Waals surface area contributed by atoms with Crippen LogP contribution in [0.3, 0.4) is 0 Å². The monoisotopic (exact) mass is 853 g/mol. The maximum atomic E-state index is 6.73. The average molecular weight is 854 g/mol. The fourth-order valence-electron chi connectivity index (χ4n) is 11.0. The molecule has 2 nitrogen and oxygen atoms in total. The van der Waals surface area contributed by atoms with Gasteiger partial charge < -0.3 is 9.64 Å². The van der Waals surface area contributed by atoms with E-state index in [1.165, 1.54) is 60.8 Å². The minimum absolute atomic E-state index is 0.612. The minimum Gasteiger partial charge on any atom is -0.457 e. The van der Waals surface area contributed by atoms with E-state index in [0.717, 1.165) is 56.4 Å². The number of nitrogens with zero attached hydrogens (tertiary/aromatic N) is 1. The van der Waals surface area contributed by atoms with Crippen LogP contribution >= 0.6 is 0 Å². The highest BCUT2D eigenvalue weighted by Gasteiger charge is 2.51. The van der Waals surface area contributed by atoms with Crippen molar-refractivity contribution in [3.8, 4) is 67.1 Å². The maximum absolute atomic E-state index is 6.73. The Morgan fingerprint density at radius 1 is 0.269 bits per heavy atom. The summed E-state index contributed by atoms with van der Waals surface area (Å²) in [6.07, 6.45) is 0. The Balaban J connectivity index is 1.07. The summed E-state index contributed by atoms with van der Waals surface area (Å²) in [5.41, 5.74) is 19.3. The van der Waals surface area contributed by atoms with Crippen molar-refractivity contribution in [2.24, 2.45) is 0 Å². The molecule has 2 heteroatoms. The normalized spacial score (nSPS) is 12.7. The van der Waals surface area contributed by atoms with Crippen molar-refractivity contribution in [3.05, 3.63) is 283 Å². The molecule has 0 saturated carbocycles. The quantitative estimate of drug-likeness (QED) is 0.158. The van der Waals surface area contributed by atoms with Crippen molar-refractivity contribution in [3.63, 3.8) is 0 Å². The molecule has 0 fully saturated rings. The smallest absolute Gasteiger partial charge is 0.132 e. The Morgan fingerprint density at radius 3 is 1.52 bits per heavy atom. The van der Waals surface area contributed by atoms with Gasteiger partial charge in [-0.2, -0.15) is 0 Å². The van der Waals surface area contributed by atoms with Gasteiger partial charge in [-0.15, -0.1) is 0 Å². The lowest BCUT2D eigenvalue weighted by Gasteiger charge is -2.39. The van der Waals surface area contributed by atoms with E-state index in [2.05, 4.69) is 266 Å². The van der Waals surface area contributed by atoms with Crippen molar-refractivity contribution in [1.82, 2.24) is 0 Å². The molecular weight excluding hydrogens is 811 g/mol. The number of hydrogen-bond donors (Lipinski definition) is 0. The number of rotatable bonds is 7. The first-order valence-electron chi connectivity index (χ1n) is 23.1. The summed E-state index contributed by atoms with van der Waals surface area (Å²) in [5, 5.41) is 2.45. The molecule has 0 unspecified atom stereocenters. The van der Waals surface area contributed by atoms with Gasteiger partial charge in [-0.3, -0.25) is 0 Å². The first kappa shape index (κ1) is 38.7. The van der Waals surface area contributed by atoms with Crippen LogP contribution in [0, 0.1) is 0 Å². The Kier molecular flexibility index (Phi) is 9.11. The molecule has 2 aliphatic rings. The van der Waals surface area contributed by atoms with Crippen LogP contribution in [0.5, 0.6) is 11.5 Å². The van der Waals surface area contributed by atoms with Crippen LogP contribution < -0.4 is 9.64 Å². The molecule has 1 aliphatic heterocycles. The van der Waals surface area contributed by atoms with Crippen LogP contribution in [-0.2, 0) is 5.41 Å². The van der Waals surface area contributed by atoms with Crippen molar-refractivity contribution in [2.45, 2.75) is 5.41 Å². The molecule has 0 radical (unpaired) electrons. The number of anilines is 3. The average Bonchev–Trinajstić information content (AvgIpc) is 3.69. The summed E-state index contributed by atoms with van der Waals surface area (Å²) < 4.78 is 6.73. The van der Waals surface area contributed by atoms with Crippen molar-refractivity contribution in [2.75, 3.05) is 4.90 Å². The van der Waals surface area contributed by atoms with Crippen molar-refractivity contribution < 1.29 is 4.74 Å². The van der Waals surface area contributed by atoms with E-state index >= 15 is 0 Å². The molecule has 1 aliphatic carbocycles. The number of benzene rings is 11. The van der Waals surface area contributed by atoms with Crippen LogP contribution in [0.2, 0.25) is 0 Å². The second-order valence-electron chi connectivity index (χ2n) is 17.5. The third-order valence-electron chi connectivity index (χ3n) is 13.9. The zero-order chi connectivity index (χ0) is 44.3. The van der Waals surface area contributed by atoms with E-state index in [1.54, 1.807) is 0 Å². The van der Waals surface area contributed by atoms with E-state index in [-0.39, 0.29) is 0 Å². The molecule has 0 N–H and O–H groups in total. The second-order valence-corrected chi connectivity index (χ2v) is 17.5. The zero-order valence-electron chi connectivity index (χ0n) is 36.7. The van der Waals surface area contributed by atoms with E-state index in [1.807, 2.05) is 0 Å². The van der Waals surface area contributed by atoms with Crippen LogP contribution in [0.4, 0.5) is 17.1 Å². The van der Waals surface area contributed by atoms with Gasteiger partial charge in [0.2, 0.25) is 0 Å². The standard InChI is InChI=1S/C65H43NO/c1-2-20-45(21-3-1)51-25-6-7-26-52(51)53-27-8-9-28-54(53)57-30-11-15-34-62(57)66(49-24-18-23-47(42-49)48-38-37-44-19-4-5-22-46(44)41-48)50-39-40-56-55-29-10-12-31-58(55)65(61(56)43-50)59-32-13-16-35-63(59)67-64-36-17-14-33-60(64)65/h1-43H. The molecule has 0 amide bonds. The highest BCUT2D eigenvalue weighted by Crippen LogP contribution is 2.63. The van der Waals surface area contributed by atoms with Crippen LogP contribution in [0.25, 0.3) is 66.4 Å². The van der Waals surface area contributed by atoms with Gasteiger partial charge in [0.25, 0.3) is 0 Å². The second kappa shape index (κ2) is 15.8. The number of fused-ring (bicyclic) bond motifs is 10. The number of ether oxygens (including phenoxy) is 1. The SMILES string of the molecule is c1ccc(-c2ccccc2-c2ccccc2-c2ccccc2N(c2cccc(-c3ccc4ccccc4c3)c2)c2ccc3c(c2)C2(c4ccccc4Oc4ccccc42)c2ccccc2-3)cc1.